The van der Waals surface area contributed by atoms with E-state index >= 15 is 0 Å². The third kappa shape index (κ3) is 2.00. The van der Waals surface area contributed by atoms with Gasteiger partial charge in [-0.15, -0.1) is 0 Å². The molecule has 2 aliphatic rings. The summed E-state index contributed by atoms with van der Waals surface area (Å²) < 4.78 is 1.17. The molecule has 2 aliphatic heterocycles. The molecule has 3 rings (SSSR count). The number of hydrogen-bond donors (Lipinski definition) is 1. The highest BCUT2D eigenvalue weighted by molar-refractivity contribution is 9.10. The zero-order chi connectivity index (χ0) is 12.0. The van der Waals surface area contributed by atoms with E-state index in [0.717, 1.165) is 12.8 Å². The van der Waals surface area contributed by atoms with Crippen molar-refractivity contribution < 1.29 is 0 Å². The van der Waals surface area contributed by atoms with Gasteiger partial charge in [0.05, 0.1) is 0 Å². The summed E-state index contributed by atoms with van der Waals surface area (Å²) >= 11 is 3.58. The number of halogens is 1. The molecule has 92 valence electrons. The molecular formula is C14H19BrN2. The van der Waals surface area contributed by atoms with Gasteiger partial charge >= 0.3 is 0 Å². The standard InChI is InChI=1S/C14H19BrN2/c1-9-2-3-10(15)6-14(9)17-12-4-5-13(17)8-11(16)7-12/h2-3,6,11-13H,4-5,7-8,16H2,1H3. The summed E-state index contributed by atoms with van der Waals surface area (Å²) in [6, 6.07) is 8.33. The molecule has 17 heavy (non-hydrogen) atoms. The second-order valence-electron chi connectivity index (χ2n) is 5.45. The Morgan fingerprint density at radius 3 is 2.53 bits per heavy atom. The molecule has 0 aromatic heterocycles. The second kappa shape index (κ2) is 4.29. The maximum atomic E-state index is 6.13. The van der Waals surface area contributed by atoms with Crippen molar-refractivity contribution in [2.24, 2.45) is 5.73 Å². The van der Waals surface area contributed by atoms with Crippen LogP contribution in [0.5, 0.6) is 0 Å². The molecule has 2 atom stereocenters. The summed E-state index contributed by atoms with van der Waals surface area (Å²) in [6.07, 6.45) is 4.93. The Labute approximate surface area is 111 Å². The SMILES string of the molecule is Cc1ccc(Br)cc1N1C2CCC1CC(N)C2. The molecule has 2 bridgehead atoms. The fourth-order valence-corrected chi connectivity index (χ4v) is 3.82. The number of nitrogens with zero attached hydrogens (tertiary/aromatic N) is 1. The van der Waals surface area contributed by atoms with Crippen LogP contribution in [0.25, 0.3) is 0 Å². The van der Waals surface area contributed by atoms with E-state index in [0.29, 0.717) is 18.1 Å². The molecule has 2 unspecified atom stereocenters. The number of piperidine rings is 1. The zero-order valence-electron chi connectivity index (χ0n) is 10.2. The minimum absolute atomic E-state index is 0.413. The van der Waals surface area contributed by atoms with Crippen LogP contribution in [0.4, 0.5) is 5.69 Å². The van der Waals surface area contributed by atoms with E-state index in [1.165, 1.54) is 28.6 Å². The van der Waals surface area contributed by atoms with Crippen molar-refractivity contribution in [1.82, 2.24) is 0 Å². The minimum atomic E-state index is 0.413. The van der Waals surface area contributed by atoms with Gasteiger partial charge in [-0.05, 0) is 50.3 Å². The van der Waals surface area contributed by atoms with Gasteiger partial charge in [-0.3, -0.25) is 0 Å². The van der Waals surface area contributed by atoms with Crippen molar-refractivity contribution in [2.75, 3.05) is 4.90 Å². The van der Waals surface area contributed by atoms with Gasteiger partial charge in [0, 0.05) is 28.3 Å². The van der Waals surface area contributed by atoms with Gasteiger partial charge in [0.1, 0.15) is 0 Å². The number of benzene rings is 1. The molecule has 3 heteroatoms. The topological polar surface area (TPSA) is 29.3 Å². The summed E-state index contributed by atoms with van der Waals surface area (Å²) in [5, 5.41) is 0. The van der Waals surface area contributed by atoms with Crippen LogP contribution < -0.4 is 10.6 Å². The predicted molar refractivity (Wildman–Crippen MR) is 75.4 cm³/mol. The summed E-state index contributed by atoms with van der Waals surface area (Å²) in [7, 11) is 0. The van der Waals surface area contributed by atoms with Gasteiger partial charge in [0.15, 0.2) is 0 Å². The van der Waals surface area contributed by atoms with Crippen LogP contribution >= 0.6 is 15.9 Å². The van der Waals surface area contributed by atoms with Crippen molar-refractivity contribution in [3.8, 4) is 0 Å². The fourth-order valence-electron chi connectivity index (χ4n) is 3.47. The van der Waals surface area contributed by atoms with E-state index < -0.39 is 0 Å². The molecule has 2 fully saturated rings. The maximum absolute atomic E-state index is 6.13. The third-order valence-electron chi connectivity index (χ3n) is 4.22. The van der Waals surface area contributed by atoms with Crippen molar-refractivity contribution in [2.45, 2.75) is 50.7 Å². The first-order valence-electron chi connectivity index (χ1n) is 6.45. The molecule has 0 amide bonds. The van der Waals surface area contributed by atoms with Gasteiger partial charge in [-0.25, -0.2) is 0 Å². The average Bonchev–Trinajstić information content (AvgIpc) is 2.54. The Morgan fingerprint density at radius 2 is 1.88 bits per heavy atom. The zero-order valence-corrected chi connectivity index (χ0v) is 11.8. The van der Waals surface area contributed by atoms with Gasteiger partial charge in [0.2, 0.25) is 0 Å². The average molecular weight is 295 g/mol. The molecule has 1 aromatic carbocycles. The number of aryl methyl sites for hydroxylation is 1. The predicted octanol–water partition coefficient (Wildman–Crippen LogP) is 3.22. The summed E-state index contributed by atoms with van der Waals surface area (Å²) in [4.78, 5) is 2.63. The Hall–Kier alpha value is -0.540. The van der Waals surface area contributed by atoms with Gasteiger partial charge in [-0.1, -0.05) is 22.0 Å². The van der Waals surface area contributed by atoms with Crippen LogP contribution in [0.15, 0.2) is 22.7 Å². The first-order valence-corrected chi connectivity index (χ1v) is 7.24. The highest BCUT2D eigenvalue weighted by Gasteiger charge is 2.40. The van der Waals surface area contributed by atoms with Crippen LogP contribution in [-0.4, -0.2) is 18.1 Å². The lowest BCUT2D eigenvalue weighted by atomic mass is 9.96. The van der Waals surface area contributed by atoms with Gasteiger partial charge < -0.3 is 10.6 Å². The van der Waals surface area contributed by atoms with Crippen LogP contribution in [0, 0.1) is 6.92 Å². The molecule has 2 nitrogen and oxygen atoms in total. The summed E-state index contributed by atoms with van der Waals surface area (Å²) in [6.45, 7) is 2.20. The Bertz CT molecular complexity index is 418. The summed E-state index contributed by atoms with van der Waals surface area (Å²) in [5.74, 6) is 0. The Kier molecular flexibility index (Phi) is 2.91. The lowest BCUT2D eigenvalue weighted by molar-refractivity contribution is 0.414. The highest BCUT2D eigenvalue weighted by Crippen LogP contribution is 2.40. The van der Waals surface area contributed by atoms with E-state index in [4.69, 9.17) is 5.73 Å². The van der Waals surface area contributed by atoms with Crippen molar-refractivity contribution >= 4 is 21.6 Å². The van der Waals surface area contributed by atoms with Gasteiger partial charge in [-0.2, -0.15) is 0 Å². The lowest BCUT2D eigenvalue weighted by Gasteiger charge is -2.40. The van der Waals surface area contributed by atoms with E-state index in [1.807, 2.05) is 0 Å². The van der Waals surface area contributed by atoms with E-state index in [-0.39, 0.29) is 0 Å². The molecule has 0 saturated carbocycles. The molecule has 2 saturated heterocycles. The number of hydrogen-bond acceptors (Lipinski definition) is 2. The normalized spacial score (nSPS) is 31.9. The molecule has 0 radical (unpaired) electrons. The van der Waals surface area contributed by atoms with E-state index in [1.54, 1.807) is 0 Å². The van der Waals surface area contributed by atoms with Crippen LogP contribution in [0.3, 0.4) is 0 Å². The van der Waals surface area contributed by atoms with Crippen molar-refractivity contribution in [3.05, 3.63) is 28.2 Å². The smallest absolute Gasteiger partial charge is 0.0412 e. The number of anilines is 1. The Balaban J connectivity index is 1.97. The Morgan fingerprint density at radius 1 is 1.24 bits per heavy atom. The van der Waals surface area contributed by atoms with E-state index in [2.05, 4.69) is 46.0 Å². The van der Waals surface area contributed by atoms with Crippen molar-refractivity contribution in [1.29, 1.82) is 0 Å². The first-order chi connectivity index (χ1) is 8.15. The quantitative estimate of drug-likeness (QED) is 0.862. The number of nitrogens with two attached hydrogens (primary N) is 1. The molecular weight excluding hydrogens is 276 g/mol. The van der Waals surface area contributed by atoms with Crippen molar-refractivity contribution in [3.63, 3.8) is 0 Å². The fraction of sp³-hybridized carbons (Fsp3) is 0.571. The lowest BCUT2D eigenvalue weighted by Crippen LogP contribution is -2.47. The molecule has 2 heterocycles. The molecule has 2 N–H and O–H groups in total. The van der Waals surface area contributed by atoms with Crippen LogP contribution in [0.1, 0.15) is 31.2 Å². The highest BCUT2D eigenvalue weighted by atomic mass is 79.9. The molecule has 1 aromatic rings. The maximum Gasteiger partial charge on any atom is 0.0412 e. The first kappa shape index (κ1) is 11.5. The van der Waals surface area contributed by atoms with E-state index in [9.17, 15) is 0 Å². The summed E-state index contributed by atoms with van der Waals surface area (Å²) in [5.41, 5.74) is 8.91. The molecule has 0 aliphatic carbocycles. The van der Waals surface area contributed by atoms with Crippen LogP contribution in [-0.2, 0) is 0 Å². The molecule has 0 spiro atoms. The largest absolute Gasteiger partial charge is 0.365 e. The van der Waals surface area contributed by atoms with Crippen LogP contribution in [0.2, 0.25) is 0 Å². The third-order valence-corrected chi connectivity index (χ3v) is 4.71. The second-order valence-corrected chi connectivity index (χ2v) is 6.37. The van der Waals surface area contributed by atoms with Gasteiger partial charge in [0.25, 0.3) is 0 Å². The monoisotopic (exact) mass is 294 g/mol. The minimum Gasteiger partial charge on any atom is -0.365 e. The number of rotatable bonds is 1. The number of fused-ring (bicyclic) bond motifs is 2.